The van der Waals surface area contributed by atoms with Gasteiger partial charge in [-0.1, -0.05) is 54.1 Å². The molecule has 3 heterocycles. The monoisotopic (exact) mass is 513 g/mol. The van der Waals surface area contributed by atoms with Crippen LogP contribution in [0.3, 0.4) is 0 Å². The Bertz CT molecular complexity index is 1540. The molecule has 2 N–H and O–H groups in total. The van der Waals surface area contributed by atoms with Gasteiger partial charge in [-0.25, -0.2) is 14.1 Å². The number of nitrogens with two attached hydrogens (primary N) is 1. The third kappa shape index (κ3) is 4.61. The minimum atomic E-state index is -0.375. The Kier molecular flexibility index (Phi) is 6.20. The summed E-state index contributed by atoms with van der Waals surface area (Å²) in [7, 11) is 0. The molecule has 0 saturated carbocycles. The fourth-order valence-corrected chi connectivity index (χ4v) is 4.84. The molecular formula is C28H25ClFN7. The molecule has 9 heteroatoms. The van der Waals surface area contributed by atoms with Crippen molar-refractivity contribution < 1.29 is 4.39 Å². The Balaban J connectivity index is 1.38. The fraction of sp³-hybridized carbons (Fsp3) is 0.179. The maximum Gasteiger partial charge on any atom is 0.228 e. The van der Waals surface area contributed by atoms with E-state index >= 15 is 0 Å². The van der Waals surface area contributed by atoms with Gasteiger partial charge in [0.05, 0.1) is 16.8 Å². The second kappa shape index (κ2) is 9.80. The van der Waals surface area contributed by atoms with Crippen molar-refractivity contribution in [3.63, 3.8) is 0 Å². The normalized spacial score (nSPS) is 14.4. The third-order valence-corrected chi connectivity index (χ3v) is 6.91. The molecule has 1 aliphatic rings. The predicted octanol–water partition coefficient (Wildman–Crippen LogP) is 5.18. The van der Waals surface area contributed by atoms with E-state index in [4.69, 9.17) is 32.4 Å². The standard InChI is InChI=1S/C28H25ClFN7/c29-20-10-12-21(13-11-20)37-26(31)24-25(22-8-4-5-9-23(22)30)32-28(33-27(24)34-37)36-16-14-35(15-17-36)18-19-6-2-1-3-7-19/h1-13H,14-18,31H2. The first kappa shape index (κ1) is 23.4. The highest BCUT2D eigenvalue weighted by Crippen LogP contribution is 2.35. The smallest absolute Gasteiger partial charge is 0.228 e. The van der Waals surface area contributed by atoms with E-state index < -0.39 is 0 Å². The van der Waals surface area contributed by atoms with E-state index in [0.717, 1.165) is 38.4 Å². The number of anilines is 2. The van der Waals surface area contributed by atoms with Crippen LogP contribution in [0.25, 0.3) is 28.0 Å². The van der Waals surface area contributed by atoms with Gasteiger partial charge in [0.2, 0.25) is 5.95 Å². The Hall–Kier alpha value is -4.01. The lowest BCUT2D eigenvalue weighted by atomic mass is 10.1. The SMILES string of the molecule is Nc1c2c(-c3ccccc3F)nc(N3CCN(Cc4ccccc4)CC3)nc2nn1-c1ccc(Cl)cc1. The number of aromatic nitrogens is 4. The third-order valence-electron chi connectivity index (χ3n) is 6.66. The Morgan fingerprint density at radius 3 is 2.27 bits per heavy atom. The number of nitrogens with zero attached hydrogens (tertiary/aromatic N) is 6. The van der Waals surface area contributed by atoms with Gasteiger partial charge >= 0.3 is 0 Å². The van der Waals surface area contributed by atoms with Gasteiger partial charge in [0.25, 0.3) is 0 Å². The van der Waals surface area contributed by atoms with E-state index in [-0.39, 0.29) is 5.82 Å². The van der Waals surface area contributed by atoms with E-state index in [0.29, 0.717) is 39.1 Å². The molecule has 0 atom stereocenters. The van der Waals surface area contributed by atoms with Gasteiger partial charge in [-0.2, -0.15) is 4.98 Å². The molecule has 1 aliphatic heterocycles. The zero-order chi connectivity index (χ0) is 25.4. The number of halogens is 2. The van der Waals surface area contributed by atoms with Gasteiger partial charge < -0.3 is 10.6 Å². The van der Waals surface area contributed by atoms with Crippen LogP contribution in [0.2, 0.25) is 5.02 Å². The van der Waals surface area contributed by atoms with E-state index in [9.17, 15) is 4.39 Å². The average Bonchev–Trinajstić information content (AvgIpc) is 3.26. The largest absolute Gasteiger partial charge is 0.383 e. The van der Waals surface area contributed by atoms with Gasteiger partial charge in [0, 0.05) is 43.3 Å². The lowest BCUT2D eigenvalue weighted by molar-refractivity contribution is 0.249. The molecule has 5 aromatic rings. The summed E-state index contributed by atoms with van der Waals surface area (Å²) in [5.74, 6) is 0.487. The van der Waals surface area contributed by atoms with Gasteiger partial charge in [-0.15, -0.1) is 5.10 Å². The maximum absolute atomic E-state index is 15.0. The Morgan fingerprint density at radius 1 is 0.838 bits per heavy atom. The van der Waals surface area contributed by atoms with Crippen LogP contribution < -0.4 is 10.6 Å². The van der Waals surface area contributed by atoms with Crippen LogP contribution in [0.1, 0.15) is 5.56 Å². The minimum Gasteiger partial charge on any atom is -0.383 e. The first-order valence-electron chi connectivity index (χ1n) is 12.1. The van der Waals surface area contributed by atoms with Crippen molar-refractivity contribution in [1.29, 1.82) is 0 Å². The number of nitrogen functional groups attached to an aromatic ring is 1. The Morgan fingerprint density at radius 2 is 1.54 bits per heavy atom. The molecular weight excluding hydrogens is 489 g/mol. The summed E-state index contributed by atoms with van der Waals surface area (Å²) in [5.41, 5.74) is 9.80. The van der Waals surface area contributed by atoms with Crippen molar-refractivity contribution in [2.75, 3.05) is 36.8 Å². The zero-order valence-corrected chi connectivity index (χ0v) is 20.8. The molecule has 7 nitrogen and oxygen atoms in total. The average molecular weight is 514 g/mol. The van der Waals surface area contributed by atoms with E-state index in [1.807, 2.05) is 18.2 Å². The number of rotatable bonds is 5. The van der Waals surface area contributed by atoms with E-state index in [1.54, 1.807) is 35.0 Å². The highest BCUT2D eigenvalue weighted by Gasteiger charge is 2.25. The topological polar surface area (TPSA) is 76.1 Å². The first-order chi connectivity index (χ1) is 18.1. The second-order valence-corrected chi connectivity index (χ2v) is 9.51. The van der Waals surface area contributed by atoms with Crippen LogP contribution in [-0.4, -0.2) is 50.8 Å². The molecule has 0 radical (unpaired) electrons. The molecule has 1 saturated heterocycles. The fourth-order valence-electron chi connectivity index (χ4n) is 4.72. The van der Waals surface area contributed by atoms with Crippen LogP contribution in [0.5, 0.6) is 0 Å². The van der Waals surface area contributed by atoms with Gasteiger partial charge in [-0.05, 0) is 42.0 Å². The minimum absolute atomic E-state index is 0.342. The van der Waals surface area contributed by atoms with Crippen molar-refractivity contribution >= 4 is 34.4 Å². The molecule has 6 rings (SSSR count). The molecule has 0 spiro atoms. The number of hydrogen-bond acceptors (Lipinski definition) is 6. The number of hydrogen-bond donors (Lipinski definition) is 1. The van der Waals surface area contributed by atoms with Crippen molar-refractivity contribution in [2.24, 2.45) is 0 Å². The van der Waals surface area contributed by atoms with Crippen LogP contribution in [-0.2, 0) is 6.54 Å². The second-order valence-electron chi connectivity index (χ2n) is 9.07. The quantitative estimate of drug-likeness (QED) is 0.349. The number of benzene rings is 3. The lowest BCUT2D eigenvalue weighted by Gasteiger charge is -2.34. The number of piperazine rings is 1. The van der Waals surface area contributed by atoms with Crippen molar-refractivity contribution in [2.45, 2.75) is 6.54 Å². The lowest BCUT2D eigenvalue weighted by Crippen LogP contribution is -2.46. The molecule has 0 unspecified atom stereocenters. The van der Waals surface area contributed by atoms with Gasteiger partial charge in [0.15, 0.2) is 5.65 Å². The summed E-state index contributed by atoms with van der Waals surface area (Å²) in [5, 5.41) is 5.82. The summed E-state index contributed by atoms with van der Waals surface area (Å²) in [6, 6.07) is 24.2. The van der Waals surface area contributed by atoms with Gasteiger partial charge in [0.1, 0.15) is 11.6 Å². The highest BCUT2D eigenvalue weighted by molar-refractivity contribution is 6.30. The molecule has 0 amide bonds. The molecule has 0 bridgehead atoms. The van der Waals surface area contributed by atoms with Crippen LogP contribution in [0, 0.1) is 5.82 Å². The molecule has 1 fully saturated rings. The highest BCUT2D eigenvalue weighted by atomic mass is 35.5. The van der Waals surface area contributed by atoms with Crippen LogP contribution in [0.4, 0.5) is 16.2 Å². The summed E-state index contributed by atoms with van der Waals surface area (Å²) in [4.78, 5) is 14.2. The summed E-state index contributed by atoms with van der Waals surface area (Å²) in [6.45, 7) is 4.14. The molecule has 3 aromatic carbocycles. The van der Waals surface area contributed by atoms with Crippen LogP contribution >= 0.6 is 11.6 Å². The predicted molar refractivity (Wildman–Crippen MR) is 145 cm³/mol. The van der Waals surface area contributed by atoms with Crippen molar-refractivity contribution in [3.8, 4) is 16.9 Å². The van der Waals surface area contributed by atoms with Crippen molar-refractivity contribution in [3.05, 3.63) is 95.3 Å². The molecule has 2 aromatic heterocycles. The first-order valence-corrected chi connectivity index (χ1v) is 12.5. The van der Waals surface area contributed by atoms with Gasteiger partial charge in [-0.3, -0.25) is 4.90 Å². The van der Waals surface area contributed by atoms with E-state index in [1.165, 1.54) is 11.6 Å². The summed E-state index contributed by atoms with van der Waals surface area (Å²) in [6.07, 6.45) is 0. The number of fused-ring (bicyclic) bond motifs is 1. The van der Waals surface area contributed by atoms with Crippen LogP contribution in [0.15, 0.2) is 78.9 Å². The van der Waals surface area contributed by atoms with Crippen molar-refractivity contribution in [1.82, 2.24) is 24.6 Å². The zero-order valence-electron chi connectivity index (χ0n) is 20.1. The summed E-state index contributed by atoms with van der Waals surface area (Å²) >= 11 is 6.07. The maximum atomic E-state index is 15.0. The van der Waals surface area contributed by atoms with E-state index in [2.05, 4.69) is 34.1 Å². The Labute approximate surface area is 218 Å². The molecule has 37 heavy (non-hydrogen) atoms. The summed E-state index contributed by atoms with van der Waals surface area (Å²) < 4.78 is 16.6. The molecule has 186 valence electrons. The molecule has 0 aliphatic carbocycles.